The zero-order valence-corrected chi connectivity index (χ0v) is 17.7. The maximum Gasteiger partial charge on any atom is 0.251 e. The fourth-order valence-electron chi connectivity index (χ4n) is 3.52. The molecule has 1 aromatic heterocycles. The molecule has 0 aliphatic carbocycles. The Balaban J connectivity index is 1.43. The van der Waals surface area contributed by atoms with Crippen LogP contribution in [-0.2, 0) is 13.0 Å². The molecule has 1 amide bonds. The van der Waals surface area contributed by atoms with E-state index in [9.17, 15) is 4.79 Å². The number of carbonyl (C=O) groups is 1. The highest BCUT2D eigenvalue weighted by Crippen LogP contribution is 2.20. The first-order chi connectivity index (χ1) is 14.6. The Kier molecular flexibility index (Phi) is 6.15. The van der Waals surface area contributed by atoms with E-state index in [1.165, 1.54) is 5.56 Å². The molecule has 4 nitrogen and oxygen atoms in total. The normalized spacial score (nSPS) is 11.0. The molecule has 0 unspecified atom stereocenters. The van der Waals surface area contributed by atoms with Crippen LogP contribution in [0.1, 0.15) is 33.7 Å². The summed E-state index contributed by atoms with van der Waals surface area (Å²) in [5.74, 6) is 0.986. The Labute approximate surface area is 181 Å². The average Bonchev–Trinajstić information content (AvgIpc) is 3.10. The highest BCUT2D eigenvalue weighted by molar-refractivity contribution is 6.30. The Morgan fingerprint density at radius 2 is 1.73 bits per heavy atom. The number of hydrogen-bond acceptors (Lipinski definition) is 2. The van der Waals surface area contributed by atoms with Gasteiger partial charge in [-0.15, -0.1) is 0 Å². The molecule has 4 aromatic rings. The lowest BCUT2D eigenvalue weighted by molar-refractivity contribution is 0.0953. The van der Waals surface area contributed by atoms with Crippen LogP contribution in [0.3, 0.4) is 0 Å². The number of hydrogen-bond donors (Lipinski definition) is 1. The van der Waals surface area contributed by atoms with E-state index in [0.717, 1.165) is 46.8 Å². The number of aryl methyl sites for hydroxylation is 2. The van der Waals surface area contributed by atoms with Gasteiger partial charge in [-0.3, -0.25) is 4.79 Å². The Morgan fingerprint density at radius 3 is 2.50 bits per heavy atom. The van der Waals surface area contributed by atoms with Crippen LogP contribution in [0.5, 0.6) is 0 Å². The molecule has 0 spiro atoms. The average molecular weight is 418 g/mol. The lowest BCUT2D eigenvalue weighted by Crippen LogP contribution is -2.25. The van der Waals surface area contributed by atoms with Crippen LogP contribution in [0, 0.1) is 6.92 Å². The first kappa shape index (κ1) is 20.2. The highest BCUT2D eigenvalue weighted by atomic mass is 35.5. The van der Waals surface area contributed by atoms with Gasteiger partial charge in [-0.2, -0.15) is 0 Å². The van der Waals surface area contributed by atoms with Crippen molar-refractivity contribution < 1.29 is 4.79 Å². The molecular formula is C25H24ClN3O. The molecule has 1 heterocycles. The fraction of sp³-hybridized carbons (Fsp3) is 0.200. The number of nitrogens with zero attached hydrogens (tertiary/aromatic N) is 2. The van der Waals surface area contributed by atoms with Crippen molar-refractivity contribution in [3.05, 3.63) is 100 Å². The molecule has 0 bridgehead atoms. The highest BCUT2D eigenvalue weighted by Gasteiger charge is 2.11. The van der Waals surface area contributed by atoms with Gasteiger partial charge in [0.25, 0.3) is 5.91 Å². The van der Waals surface area contributed by atoms with Gasteiger partial charge in [0.1, 0.15) is 5.82 Å². The number of carbonyl (C=O) groups excluding carboxylic acids is 1. The van der Waals surface area contributed by atoms with Crippen molar-refractivity contribution >= 4 is 28.5 Å². The van der Waals surface area contributed by atoms with Gasteiger partial charge < -0.3 is 9.88 Å². The van der Waals surface area contributed by atoms with Crippen molar-refractivity contribution in [2.45, 2.75) is 26.3 Å². The van der Waals surface area contributed by atoms with Gasteiger partial charge in [0.15, 0.2) is 0 Å². The number of halogens is 1. The lowest BCUT2D eigenvalue weighted by Gasteiger charge is -2.10. The van der Waals surface area contributed by atoms with Gasteiger partial charge in [-0.25, -0.2) is 4.98 Å². The number of nitrogens with one attached hydrogen (secondary N) is 1. The molecule has 152 valence electrons. The minimum atomic E-state index is -0.0373. The first-order valence-electron chi connectivity index (χ1n) is 10.1. The number of aromatic nitrogens is 2. The summed E-state index contributed by atoms with van der Waals surface area (Å²) in [6.45, 7) is 3.36. The number of benzene rings is 3. The molecule has 0 fully saturated rings. The summed E-state index contributed by atoms with van der Waals surface area (Å²) in [5.41, 5.74) is 5.12. The van der Waals surface area contributed by atoms with E-state index in [-0.39, 0.29) is 5.91 Å². The quantitative estimate of drug-likeness (QED) is 0.409. The topological polar surface area (TPSA) is 46.9 Å². The van der Waals surface area contributed by atoms with Crippen molar-refractivity contribution in [3.63, 3.8) is 0 Å². The Bertz CT molecular complexity index is 1150. The number of para-hydroxylation sites is 2. The van der Waals surface area contributed by atoms with Crippen LogP contribution in [0.15, 0.2) is 72.8 Å². The molecule has 0 aliphatic heterocycles. The lowest BCUT2D eigenvalue weighted by atomic mass is 10.1. The largest absolute Gasteiger partial charge is 0.352 e. The summed E-state index contributed by atoms with van der Waals surface area (Å²) in [5, 5.41) is 3.74. The summed E-state index contributed by atoms with van der Waals surface area (Å²) in [7, 11) is 0. The van der Waals surface area contributed by atoms with Crippen molar-refractivity contribution in [2.24, 2.45) is 0 Å². The maximum absolute atomic E-state index is 12.3. The summed E-state index contributed by atoms with van der Waals surface area (Å²) in [6, 6.07) is 23.7. The van der Waals surface area contributed by atoms with Crippen LogP contribution in [0.2, 0.25) is 5.02 Å². The standard InChI is InChI=1S/C25H24ClN3O/c1-18-8-12-20(13-9-18)25(30)27-16-4-7-24-28-22-5-2-3-6-23(22)29(24)17-19-10-14-21(26)15-11-19/h2-3,5-6,8-15H,4,7,16-17H2,1H3,(H,27,30). The van der Waals surface area contributed by atoms with Gasteiger partial charge in [-0.05, 0) is 55.3 Å². The minimum absolute atomic E-state index is 0.0373. The Morgan fingerprint density at radius 1 is 1.00 bits per heavy atom. The third-order valence-corrected chi connectivity index (χ3v) is 5.42. The van der Waals surface area contributed by atoms with Crippen LogP contribution in [-0.4, -0.2) is 22.0 Å². The summed E-state index contributed by atoms with van der Waals surface area (Å²) in [4.78, 5) is 17.1. The molecule has 0 radical (unpaired) electrons. The van der Waals surface area contributed by atoms with Crippen LogP contribution in [0.4, 0.5) is 0 Å². The third-order valence-electron chi connectivity index (χ3n) is 5.16. The SMILES string of the molecule is Cc1ccc(C(=O)NCCCc2nc3ccccc3n2Cc2ccc(Cl)cc2)cc1. The Hall–Kier alpha value is -3.11. The second-order valence-electron chi connectivity index (χ2n) is 7.45. The van der Waals surface area contributed by atoms with E-state index in [1.54, 1.807) is 0 Å². The molecule has 0 saturated carbocycles. The fourth-order valence-corrected chi connectivity index (χ4v) is 3.65. The molecule has 1 N–H and O–H groups in total. The molecule has 0 aliphatic rings. The monoisotopic (exact) mass is 417 g/mol. The molecule has 30 heavy (non-hydrogen) atoms. The third kappa shape index (κ3) is 4.71. The first-order valence-corrected chi connectivity index (χ1v) is 10.5. The van der Waals surface area contributed by atoms with Crippen LogP contribution >= 0.6 is 11.6 Å². The number of imidazole rings is 1. The zero-order chi connectivity index (χ0) is 20.9. The van der Waals surface area contributed by atoms with E-state index in [0.29, 0.717) is 12.1 Å². The van der Waals surface area contributed by atoms with Gasteiger partial charge in [0.05, 0.1) is 11.0 Å². The van der Waals surface area contributed by atoms with Crippen molar-refractivity contribution in [1.82, 2.24) is 14.9 Å². The summed E-state index contributed by atoms with van der Waals surface area (Å²) >= 11 is 6.03. The number of fused-ring (bicyclic) bond motifs is 1. The predicted octanol–water partition coefficient (Wildman–Crippen LogP) is 5.41. The van der Waals surface area contributed by atoms with E-state index >= 15 is 0 Å². The van der Waals surface area contributed by atoms with Crippen molar-refractivity contribution in [1.29, 1.82) is 0 Å². The molecular weight excluding hydrogens is 394 g/mol. The van der Waals surface area contributed by atoms with Gasteiger partial charge in [-0.1, -0.05) is 53.6 Å². The second kappa shape index (κ2) is 9.14. The molecule has 4 rings (SSSR count). The number of amides is 1. The van der Waals surface area contributed by atoms with Crippen LogP contribution in [0.25, 0.3) is 11.0 Å². The second-order valence-corrected chi connectivity index (χ2v) is 7.89. The smallest absolute Gasteiger partial charge is 0.251 e. The van der Waals surface area contributed by atoms with Gasteiger partial charge in [0.2, 0.25) is 0 Å². The van der Waals surface area contributed by atoms with E-state index in [1.807, 2.05) is 73.7 Å². The minimum Gasteiger partial charge on any atom is -0.352 e. The molecule has 0 saturated heterocycles. The van der Waals surface area contributed by atoms with E-state index in [2.05, 4.69) is 16.0 Å². The summed E-state index contributed by atoms with van der Waals surface area (Å²) < 4.78 is 2.25. The van der Waals surface area contributed by atoms with Crippen molar-refractivity contribution in [3.8, 4) is 0 Å². The van der Waals surface area contributed by atoms with Crippen molar-refractivity contribution in [2.75, 3.05) is 6.54 Å². The number of rotatable bonds is 7. The zero-order valence-electron chi connectivity index (χ0n) is 16.9. The maximum atomic E-state index is 12.3. The van der Waals surface area contributed by atoms with E-state index in [4.69, 9.17) is 16.6 Å². The van der Waals surface area contributed by atoms with Gasteiger partial charge in [0, 0.05) is 30.1 Å². The molecule has 0 atom stereocenters. The van der Waals surface area contributed by atoms with E-state index < -0.39 is 0 Å². The molecule has 5 heteroatoms. The molecule has 3 aromatic carbocycles. The van der Waals surface area contributed by atoms with Gasteiger partial charge >= 0.3 is 0 Å². The predicted molar refractivity (Wildman–Crippen MR) is 122 cm³/mol. The summed E-state index contributed by atoms with van der Waals surface area (Å²) in [6.07, 6.45) is 1.61. The van der Waals surface area contributed by atoms with Crippen LogP contribution < -0.4 is 5.32 Å².